The van der Waals surface area contributed by atoms with Gasteiger partial charge in [0.25, 0.3) is 5.56 Å². The fraction of sp³-hybridized carbons (Fsp3) is 0.161. The number of nitrogens with zero attached hydrogens (tertiary/aromatic N) is 2. The molecule has 0 radical (unpaired) electrons. The molecular weight excluding hydrogens is 655 g/mol. The highest BCUT2D eigenvalue weighted by molar-refractivity contribution is 14.1. The van der Waals surface area contributed by atoms with Gasteiger partial charge < -0.3 is 14.2 Å². The number of methoxy groups -OCH3 is 1. The Kier molecular flexibility index (Phi) is 8.50. The monoisotopic (exact) mass is 680 g/mol. The molecule has 2 heterocycles. The minimum absolute atomic E-state index is 0.208. The molecule has 4 aromatic rings. The van der Waals surface area contributed by atoms with Crippen molar-refractivity contribution in [2.75, 3.05) is 13.7 Å². The van der Waals surface area contributed by atoms with Gasteiger partial charge in [-0.2, -0.15) is 0 Å². The second-order valence-electron chi connectivity index (χ2n) is 8.99. The van der Waals surface area contributed by atoms with E-state index in [2.05, 4.69) is 27.6 Å². The van der Waals surface area contributed by atoms with Crippen molar-refractivity contribution in [1.82, 2.24) is 4.57 Å². The number of rotatable bonds is 7. The number of hydrogen-bond acceptors (Lipinski definition) is 8. The summed E-state index contributed by atoms with van der Waals surface area (Å²) in [5.74, 6) is -0.400. The standard InChI is InChI=1S/C31H25IN2O6S/c1-4-39-30(37)26-18(2)33-31-34(27(26)20-10-6-5-7-11-20)28(35)25(41-31)17-19-14-15-23(24(16-19)38-3)40-29(36)21-12-8-9-13-22(21)32/h5-17,27H,4H2,1-3H3/b25-17+/t27-/m1/s1. The molecule has 41 heavy (non-hydrogen) atoms. The number of ether oxygens (including phenoxy) is 3. The molecule has 0 unspecified atom stereocenters. The maximum absolute atomic E-state index is 13.8. The normalized spacial score (nSPS) is 14.7. The summed E-state index contributed by atoms with van der Waals surface area (Å²) in [7, 11) is 1.48. The average molecular weight is 681 g/mol. The summed E-state index contributed by atoms with van der Waals surface area (Å²) >= 11 is 3.31. The van der Waals surface area contributed by atoms with Crippen molar-refractivity contribution in [3.05, 3.63) is 124 Å². The molecule has 10 heteroatoms. The van der Waals surface area contributed by atoms with Gasteiger partial charge in [-0.05, 0) is 77.9 Å². The van der Waals surface area contributed by atoms with Gasteiger partial charge in [-0.15, -0.1) is 0 Å². The molecule has 5 rings (SSSR count). The van der Waals surface area contributed by atoms with Crippen LogP contribution in [0.5, 0.6) is 11.5 Å². The molecular formula is C31H25IN2O6S. The van der Waals surface area contributed by atoms with Crippen LogP contribution in [0.3, 0.4) is 0 Å². The molecule has 8 nitrogen and oxygen atoms in total. The van der Waals surface area contributed by atoms with E-state index in [1.165, 1.54) is 18.4 Å². The minimum atomic E-state index is -0.675. The number of thiazole rings is 1. The van der Waals surface area contributed by atoms with E-state index >= 15 is 0 Å². The van der Waals surface area contributed by atoms with Crippen LogP contribution in [-0.2, 0) is 9.53 Å². The second kappa shape index (κ2) is 12.2. The Morgan fingerprint density at radius 2 is 1.76 bits per heavy atom. The van der Waals surface area contributed by atoms with Crippen LogP contribution in [0.1, 0.15) is 41.4 Å². The maximum Gasteiger partial charge on any atom is 0.344 e. The SMILES string of the molecule is CCOC(=O)C1=C(C)N=c2s/c(=C/c3ccc(OC(=O)c4ccccc4I)c(OC)c3)c(=O)n2[C@@H]1c1ccccc1. The lowest BCUT2D eigenvalue weighted by molar-refractivity contribution is -0.139. The van der Waals surface area contributed by atoms with Gasteiger partial charge in [-0.1, -0.05) is 59.9 Å². The van der Waals surface area contributed by atoms with Crippen molar-refractivity contribution in [1.29, 1.82) is 0 Å². The van der Waals surface area contributed by atoms with Gasteiger partial charge in [-0.3, -0.25) is 9.36 Å². The zero-order chi connectivity index (χ0) is 29.1. The van der Waals surface area contributed by atoms with E-state index in [0.717, 1.165) is 9.13 Å². The maximum atomic E-state index is 13.8. The Hall–Kier alpha value is -4.03. The topological polar surface area (TPSA) is 96.2 Å². The Balaban J connectivity index is 1.55. The number of esters is 2. The Bertz CT molecular complexity index is 1860. The number of allylic oxidation sites excluding steroid dienone is 1. The van der Waals surface area contributed by atoms with Crippen LogP contribution in [0.15, 0.2) is 93.9 Å². The number of hydrogen-bond donors (Lipinski definition) is 0. The predicted molar refractivity (Wildman–Crippen MR) is 164 cm³/mol. The molecule has 0 fully saturated rings. The highest BCUT2D eigenvalue weighted by Gasteiger charge is 2.33. The highest BCUT2D eigenvalue weighted by atomic mass is 127. The quantitative estimate of drug-likeness (QED) is 0.161. The summed E-state index contributed by atoms with van der Waals surface area (Å²) in [4.78, 5) is 44.6. The lowest BCUT2D eigenvalue weighted by Crippen LogP contribution is -2.39. The lowest BCUT2D eigenvalue weighted by Gasteiger charge is -2.24. The van der Waals surface area contributed by atoms with Gasteiger partial charge >= 0.3 is 11.9 Å². The number of carbonyl (C=O) groups excluding carboxylic acids is 2. The Morgan fingerprint density at radius 3 is 2.46 bits per heavy atom. The van der Waals surface area contributed by atoms with E-state index in [1.807, 2.05) is 42.5 Å². The second-order valence-corrected chi connectivity index (χ2v) is 11.2. The Morgan fingerprint density at radius 1 is 1.02 bits per heavy atom. The summed E-state index contributed by atoms with van der Waals surface area (Å²) in [5, 5.41) is 0. The van der Waals surface area contributed by atoms with Gasteiger partial charge in [0.2, 0.25) is 0 Å². The smallest absolute Gasteiger partial charge is 0.344 e. The average Bonchev–Trinajstić information content (AvgIpc) is 3.27. The first-order valence-corrected chi connectivity index (χ1v) is 14.6. The van der Waals surface area contributed by atoms with Crippen LogP contribution in [-0.4, -0.2) is 30.2 Å². The molecule has 0 amide bonds. The number of halogens is 1. The van der Waals surface area contributed by atoms with E-state index in [4.69, 9.17) is 14.2 Å². The van der Waals surface area contributed by atoms with Gasteiger partial charge in [0, 0.05) is 3.57 Å². The molecule has 0 aliphatic carbocycles. The molecule has 0 bridgehead atoms. The third kappa shape index (κ3) is 5.75. The zero-order valence-corrected chi connectivity index (χ0v) is 25.4. The summed E-state index contributed by atoms with van der Waals surface area (Å²) in [5.41, 5.74) is 2.44. The number of fused-ring (bicyclic) bond motifs is 1. The first kappa shape index (κ1) is 28.5. The van der Waals surface area contributed by atoms with Crippen LogP contribution in [0, 0.1) is 3.57 Å². The van der Waals surface area contributed by atoms with Crippen molar-refractivity contribution < 1.29 is 23.8 Å². The van der Waals surface area contributed by atoms with E-state index in [1.54, 1.807) is 54.8 Å². The molecule has 0 saturated carbocycles. The zero-order valence-electron chi connectivity index (χ0n) is 22.4. The molecule has 3 aromatic carbocycles. The van der Waals surface area contributed by atoms with Crippen molar-refractivity contribution in [2.45, 2.75) is 19.9 Å². The number of carbonyl (C=O) groups is 2. The summed E-state index contributed by atoms with van der Waals surface area (Å²) in [6, 6.07) is 20.9. The summed E-state index contributed by atoms with van der Waals surface area (Å²) < 4.78 is 19.2. The summed E-state index contributed by atoms with van der Waals surface area (Å²) in [6.07, 6.45) is 1.73. The van der Waals surface area contributed by atoms with Crippen LogP contribution in [0.25, 0.3) is 6.08 Å². The van der Waals surface area contributed by atoms with Crippen LogP contribution < -0.4 is 24.4 Å². The van der Waals surface area contributed by atoms with Gasteiger partial charge in [0.05, 0.1) is 41.1 Å². The van der Waals surface area contributed by atoms with Crippen molar-refractivity contribution in [3.8, 4) is 11.5 Å². The van der Waals surface area contributed by atoms with Gasteiger partial charge in [0.1, 0.15) is 0 Å². The fourth-order valence-electron chi connectivity index (χ4n) is 4.53. The van der Waals surface area contributed by atoms with Crippen LogP contribution >= 0.6 is 33.9 Å². The van der Waals surface area contributed by atoms with Crippen molar-refractivity contribution >= 4 is 51.9 Å². The third-order valence-corrected chi connectivity index (χ3v) is 8.34. The number of aromatic nitrogens is 1. The van der Waals surface area contributed by atoms with E-state index in [9.17, 15) is 14.4 Å². The molecule has 1 atom stereocenters. The molecule has 208 valence electrons. The molecule has 0 spiro atoms. The molecule has 1 aliphatic heterocycles. The summed E-state index contributed by atoms with van der Waals surface area (Å²) in [6.45, 7) is 3.70. The van der Waals surface area contributed by atoms with E-state index in [0.29, 0.717) is 37.5 Å². The number of benzene rings is 3. The Labute approximate surface area is 253 Å². The minimum Gasteiger partial charge on any atom is -0.493 e. The molecule has 0 saturated heterocycles. The predicted octanol–water partition coefficient (Wildman–Crippen LogP) is 4.63. The largest absolute Gasteiger partial charge is 0.493 e. The third-order valence-electron chi connectivity index (χ3n) is 6.41. The van der Waals surface area contributed by atoms with Gasteiger partial charge in [0.15, 0.2) is 16.3 Å². The van der Waals surface area contributed by atoms with Crippen molar-refractivity contribution in [3.63, 3.8) is 0 Å². The molecule has 0 N–H and O–H groups in total. The lowest BCUT2D eigenvalue weighted by atomic mass is 9.96. The molecule has 1 aromatic heterocycles. The highest BCUT2D eigenvalue weighted by Crippen LogP contribution is 2.31. The first-order valence-electron chi connectivity index (χ1n) is 12.7. The van der Waals surface area contributed by atoms with E-state index < -0.39 is 18.0 Å². The fourth-order valence-corrected chi connectivity index (χ4v) is 6.19. The van der Waals surface area contributed by atoms with Gasteiger partial charge in [-0.25, -0.2) is 14.6 Å². The first-order chi connectivity index (χ1) is 19.8. The van der Waals surface area contributed by atoms with Crippen LogP contribution in [0.4, 0.5) is 0 Å². The molecule has 1 aliphatic rings. The van der Waals surface area contributed by atoms with Crippen LogP contribution in [0.2, 0.25) is 0 Å². The van der Waals surface area contributed by atoms with Crippen molar-refractivity contribution in [2.24, 2.45) is 4.99 Å². The van der Waals surface area contributed by atoms with E-state index in [-0.39, 0.29) is 17.9 Å².